The average Bonchev–Trinajstić information content (AvgIpc) is 2.64. The van der Waals surface area contributed by atoms with Gasteiger partial charge in [-0.1, -0.05) is 35.9 Å². The molecule has 0 saturated heterocycles. The van der Waals surface area contributed by atoms with E-state index >= 15 is 0 Å². The Kier molecular flexibility index (Phi) is 7.75. The molecule has 2 aromatic carbocycles. The fraction of sp³-hybridized carbons (Fsp3) is 0.318. The van der Waals surface area contributed by atoms with Gasteiger partial charge in [0.25, 0.3) is 0 Å². The van der Waals surface area contributed by atoms with Gasteiger partial charge in [-0.2, -0.15) is 0 Å². The van der Waals surface area contributed by atoms with Crippen LogP contribution < -0.4 is 10.0 Å². The number of benzene rings is 2. The van der Waals surface area contributed by atoms with E-state index in [0.717, 1.165) is 16.5 Å². The first kappa shape index (κ1) is 23.6. The zero-order chi connectivity index (χ0) is 22.4. The maximum Gasteiger partial charge on any atom is 0.407 e. The Morgan fingerprint density at radius 3 is 2.40 bits per heavy atom. The minimum absolute atomic E-state index is 0.0494. The molecule has 1 amide bonds. The average molecular weight is 435 g/mol. The molecule has 0 saturated carbocycles. The minimum Gasteiger partial charge on any atom is -0.444 e. The highest BCUT2D eigenvalue weighted by atomic mass is 32.2. The predicted molar refractivity (Wildman–Crippen MR) is 115 cm³/mol. The standard InChI is InChI=1S/C22H27FN2O4S/c1-16-5-8-19(15-24-21(26)29-22(2,3)4)18(13-16)11-12-30(27,28)25-14-17-6-9-20(23)10-7-17/h5-13,25H,14-15H2,1-4H3,(H,24,26)/b12-11+. The molecule has 0 aliphatic carbocycles. The molecule has 6 nitrogen and oxygen atoms in total. The lowest BCUT2D eigenvalue weighted by Crippen LogP contribution is -2.32. The van der Waals surface area contributed by atoms with E-state index in [9.17, 15) is 17.6 Å². The van der Waals surface area contributed by atoms with Crippen LogP contribution in [0.1, 0.15) is 43.0 Å². The van der Waals surface area contributed by atoms with E-state index in [1.807, 2.05) is 25.1 Å². The summed E-state index contributed by atoms with van der Waals surface area (Å²) in [7, 11) is -3.71. The highest BCUT2D eigenvalue weighted by Gasteiger charge is 2.16. The van der Waals surface area contributed by atoms with Crippen molar-refractivity contribution in [1.29, 1.82) is 0 Å². The van der Waals surface area contributed by atoms with Gasteiger partial charge in [0.1, 0.15) is 11.4 Å². The Morgan fingerprint density at radius 2 is 1.77 bits per heavy atom. The summed E-state index contributed by atoms with van der Waals surface area (Å²) in [5.74, 6) is -0.381. The van der Waals surface area contributed by atoms with Crippen molar-refractivity contribution in [3.8, 4) is 0 Å². The second-order valence-electron chi connectivity index (χ2n) is 7.85. The van der Waals surface area contributed by atoms with Crippen molar-refractivity contribution in [3.05, 3.63) is 75.9 Å². The van der Waals surface area contributed by atoms with E-state index in [0.29, 0.717) is 11.1 Å². The van der Waals surface area contributed by atoms with E-state index < -0.39 is 21.7 Å². The molecule has 0 aliphatic heterocycles. The molecule has 2 aromatic rings. The molecule has 2 rings (SSSR count). The number of hydrogen-bond donors (Lipinski definition) is 2. The molecule has 8 heteroatoms. The Bertz CT molecular complexity index is 1010. The molecule has 0 aromatic heterocycles. The zero-order valence-electron chi connectivity index (χ0n) is 17.5. The number of nitrogens with one attached hydrogen (secondary N) is 2. The quantitative estimate of drug-likeness (QED) is 0.682. The minimum atomic E-state index is -3.71. The van der Waals surface area contributed by atoms with Crippen LogP contribution in [0.2, 0.25) is 0 Å². The van der Waals surface area contributed by atoms with Crippen LogP contribution in [0.15, 0.2) is 47.9 Å². The van der Waals surface area contributed by atoms with Gasteiger partial charge in [-0.25, -0.2) is 22.3 Å². The molecule has 0 unspecified atom stereocenters. The monoisotopic (exact) mass is 434 g/mol. The lowest BCUT2D eigenvalue weighted by molar-refractivity contribution is 0.0523. The molecule has 0 fully saturated rings. The van der Waals surface area contributed by atoms with Crippen molar-refractivity contribution >= 4 is 22.2 Å². The van der Waals surface area contributed by atoms with E-state index in [1.54, 1.807) is 20.8 Å². The molecule has 0 atom stereocenters. The Hall–Kier alpha value is -2.71. The first-order chi connectivity index (χ1) is 13.9. The lowest BCUT2D eigenvalue weighted by Gasteiger charge is -2.20. The van der Waals surface area contributed by atoms with Crippen molar-refractivity contribution in [2.75, 3.05) is 0 Å². The molecule has 0 heterocycles. The molecule has 0 aliphatic rings. The third-order valence-corrected chi connectivity index (χ3v) is 4.98. The normalized spacial score (nSPS) is 12.2. The van der Waals surface area contributed by atoms with Crippen molar-refractivity contribution in [2.45, 2.75) is 46.4 Å². The topological polar surface area (TPSA) is 84.5 Å². The number of carbonyl (C=O) groups is 1. The number of alkyl carbamates (subject to hydrolysis) is 1. The first-order valence-corrected chi connectivity index (χ1v) is 11.0. The molecule has 0 bridgehead atoms. The van der Waals surface area contributed by atoms with E-state index in [2.05, 4.69) is 10.0 Å². The summed E-state index contributed by atoms with van der Waals surface area (Å²) >= 11 is 0. The van der Waals surface area contributed by atoms with Crippen LogP contribution in [0.25, 0.3) is 6.08 Å². The van der Waals surface area contributed by atoms with Gasteiger partial charge in [0.05, 0.1) is 0 Å². The SMILES string of the molecule is Cc1ccc(CNC(=O)OC(C)(C)C)c(/C=C/S(=O)(=O)NCc2ccc(F)cc2)c1. The van der Waals surface area contributed by atoms with Gasteiger partial charge < -0.3 is 10.1 Å². The molecule has 162 valence electrons. The molecule has 0 radical (unpaired) electrons. The fourth-order valence-electron chi connectivity index (χ4n) is 2.51. The third kappa shape index (κ3) is 8.34. The van der Waals surface area contributed by atoms with E-state index in [-0.39, 0.29) is 18.9 Å². The summed E-state index contributed by atoms with van der Waals surface area (Å²) in [4.78, 5) is 11.9. The molecule has 0 spiro atoms. The number of hydrogen-bond acceptors (Lipinski definition) is 4. The number of aryl methyl sites for hydroxylation is 1. The second-order valence-corrected chi connectivity index (χ2v) is 9.50. The summed E-state index contributed by atoms with van der Waals surface area (Å²) < 4.78 is 45.2. The largest absolute Gasteiger partial charge is 0.444 e. The smallest absolute Gasteiger partial charge is 0.407 e. The van der Waals surface area contributed by atoms with Crippen LogP contribution in [0.4, 0.5) is 9.18 Å². The Balaban J connectivity index is 2.06. The number of amides is 1. The van der Waals surface area contributed by atoms with Crippen LogP contribution in [0.5, 0.6) is 0 Å². The van der Waals surface area contributed by atoms with Crippen LogP contribution in [0, 0.1) is 12.7 Å². The number of ether oxygens (including phenoxy) is 1. The summed E-state index contributed by atoms with van der Waals surface area (Å²) in [5, 5.41) is 3.74. The molecular formula is C22H27FN2O4S. The molecule has 30 heavy (non-hydrogen) atoms. The second kappa shape index (κ2) is 9.86. The van der Waals surface area contributed by atoms with Gasteiger partial charge >= 0.3 is 6.09 Å². The van der Waals surface area contributed by atoms with Crippen molar-refractivity contribution in [1.82, 2.24) is 10.0 Å². The van der Waals surface area contributed by atoms with Crippen molar-refractivity contribution in [2.24, 2.45) is 0 Å². The third-order valence-electron chi connectivity index (χ3n) is 3.94. The highest BCUT2D eigenvalue weighted by Crippen LogP contribution is 2.15. The van der Waals surface area contributed by atoms with Crippen LogP contribution in [-0.2, 0) is 27.8 Å². The van der Waals surface area contributed by atoms with E-state index in [1.165, 1.54) is 30.3 Å². The van der Waals surface area contributed by atoms with Gasteiger partial charge in [-0.05, 0) is 62.6 Å². The molecule has 2 N–H and O–H groups in total. The van der Waals surface area contributed by atoms with Gasteiger partial charge in [0.15, 0.2) is 0 Å². The predicted octanol–water partition coefficient (Wildman–Crippen LogP) is 4.25. The summed E-state index contributed by atoms with van der Waals surface area (Å²) in [6.45, 7) is 7.46. The lowest BCUT2D eigenvalue weighted by atomic mass is 10.0. The van der Waals surface area contributed by atoms with Gasteiger partial charge in [-0.3, -0.25) is 0 Å². The van der Waals surface area contributed by atoms with Crippen molar-refractivity contribution < 1.29 is 22.3 Å². The zero-order valence-corrected chi connectivity index (χ0v) is 18.3. The van der Waals surface area contributed by atoms with Crippen molar-refractivity contribution in [3.63, 3.8) is 0 Å². The first-order valence-electron chi connectivity index (χ1n) is 9.42. The highest BCUT2D eigenvalue weighted by molar-refractivity contribution is 7.92. The maximum atomic E-state index is 12.9. The van der Waals surface area contributed by atoms with E-state index in [4.69, 9.17) is 4.74 Å². The van der Waals surface area contributed by atoms with Crippen LogP contribution in [-0.4, -0.2) is 20.1 Å². The number of carbonyl (C=O) groups excluding carboxylic acids is 1. The van der Waals surface area contributed by atoms with Gasteiger partial charge in [0.2, 0.25) is 10.0 Å². The van der Waals surface area contributed by atoms with Crippen LogP contribution >= 0.6 is 0 Å². The number of halogens is 1. The summed E-state index contributed by atoms with van der Waals surface area (Å²) in [6.07, 6.45) is 0.929. The van der Waals surface area contributed by atoms with Gasteiger partial charge in [-0.15, -0.1) is 0 Å². The Morgan fingerprint density at radius 1 is 1.10 bits per heavy atom. The number of rotatable bonds is 7. The Labute approximate surface area is 177 Å². The van der Waals surface area contributed by atoms with Crippen LogP contribution in [0.3, 0.4) is 0 Å². The summed E-state index contributed by atoms with van der Waals surface area (Å²) in [6, 6.07) is 11.1. The molecular weight excluding hydrogens is 407 g/mol. The summed E-state index contributed by atoms with van der Waals surface area (Å²) in [5.41, 5.74) is 2.40. The van der Waals surface area contributed by atoms with Gasteiger partial charge in [0, 0.05) is 18.5 Å². The fourth-order valence-corrected chi connectivity index (χ4v) is 3.30. The maximum absolute atomic E-state index is 12.9. The number of sulfonamides is 1.